The lowest BCUT2D eigenvalue weighted by atomic mass is 10.1. The largest absolute Gasteiger partial charge is 0.327 e. The van der Waals surface area contributed by atoms with Crippen molar-refractivity contribution in [3.8, 4) is 0 Å². The smallest absolute Gasteiger partial charge is 0.211 e. The summed E-state index contributed by atoms with van der Waals surface area (Å²) in [6.07, 6.45) is 0. The summed E-state index contributed by atoms with van der Waals surface area (Å²) in [6, 6.07) is 14.8. The number of thioether (sulfide) groups is 1. The summed E-state index contributed by atoms with van der Waals surface area (Å²) >= 11 is 7.13. The molecule has 0 saturated carbocycles. The maximum absolute atomic E-state index is 12.3. The zero-order valence-electron chi connectivity index (χ0n) is 13.3. The first-order chi connectivity index (χ1) is 12.1. The zero-order valence-corrected chi connectivity index (χ0v) is 14.9. The van der Waals surface area contributed by atoms with Gasteiger partial charge in [-0.25, -0.2) is 4.98 Å². The van der Waals surface area contributed by atoms with Gasteiger partial charge in [0.2, 0.25) is 5.16 Å². The third-order valence-electron chi connectivity index (χ3n) is 3.99. The number of halogens is 1. The molecule has 0 bridgehead atoms. The summed E-state index contributed by atoms with van der Waals surface area (Å²) in [4.78, 5) is 16.8. The number of benzene rings is 2. The van der Waals surface area contributed by atoms with Gasteiger partial charge in [0.1, 0.15) is 5.52 Å². The Hall–Kier alpha value is -2.44. The predicted molar refractivity (Wildman–Crippen MR) is 100 cm³/mol. The number of hydrogen-bond donors (Lipinski definition) is 0. The lowest BCUT2D eigenvalue weighted by Gasteiger charge is -2.01. The Morgan fingerprint density at radius 3 is 2.68 bits per heavy atom. The summed E-state index contributed by atoms with van der Waals surface area (Å²) in [5.41, 5.74) is 3.21. The maximum atomic E-state index is 12.3. The fourth-order valence-electron chi connectivity index (χ4n) is 2.70. The highest BCUT2D eigenvalue weighted by atomic mass is 35.5. The van der Waals surface area contributed by atoms with Crippen LogP contribution in [0.25, 0.3) is 22.1 Å². The highest BCUT2D eigenvalue weighted by Crippen LogP contribution is 2.26. The average molecular weight is 369 g/mol. The fourth-order valence-corrected chi connectivity index (χ4v) is 3.50. The van der Waals surface area contributed by atoms with Crippen LogP contribution in [0.5, 0.6) is 0 Å². The summed E-state index contributed by atoms with van der Waals surface area (Å²) < 4.78 is 1.99. The van der Waals surface area contributed by atoms with Crippen LogP contribution >= 0.6 is 23.4 Å². The van der Waals surface area contributed by atoms with Crippen molar-refractivity contribution in [3.63, 3.8) is 0 Å². The van der Waals surface area contributed by atoms with Crippen molar-refractivity contribution in [3.05, 3.63) is 59.1 Å². The van der Waals surface area contributed by atoms with E-state index >= 15 is 0 Å². The minimum absolute atomic E-state index is 0.00223. The second-order valence-electron chi connectivity index (χ2n) is 5.56. The van der Waals surface area contributed by atoms with Crippen LogP contribution in [0.1, 0.15) is 10.4 Å². The molecule has 0 aliphatic rings. The van der Waals surface area contributed by atoms with Crippen LogP contribution in [-0.2, 0) is 7.05 Å². The highest BCUT2D eigenvalue weighted by Gasteiger charge is 2.13. The Balaban J connectivity index is 1.60. The van der Waals surface area contributed by atoms with Gasteiger partial charge in [0.25, 0.3) is 0 Å². The van der Waals surface area contributed by atoms with Crippen molar-refractivity contribution in [2.24, 2.45) is 7.05 Å². The van der Waals surface area contributed by atoms with E-state index in [9.17, 15) is 4.79 Å². The van der Waals surface area contributed by atoms with Gasteiger partial charge < -0.3 is 4.57 Å². The van der Waals surface area contributed by atoms with Gasteiger partial charge in [-0.3, -0.25) is 4.79 Å². The van der Waals surface area contributed by atoms with Gasteiger partial charge in [0.15, 0.2) is 11.4 Å². The van der Waals surface area contributed by atoms with E-state index in [0.29, 0.717) is 15.7 Å². The molecule has 25 heavy (non-hydrogen) atoms. The molecule has 7 heteroatoms. The lowest BCUT2D eigenvalue weighted by Crippen LogP contribution is -2.03. The Morgan fingerprint density at radius 2 is 1.88 bits per heavy atom. The number of ketones is 1. The topological polar surface area (TPSA) is 60.7 Å². The first kappa shape index (κ1) is 16.1. The monoisotopic (exact) mass is 368 g/mol. The molecule has 4 rings (SSSR count). The summed E-state index contributed by atoms with van der Waals surface area (Å²) in [5.74, 6) is 0.251. The maximum Gasteiger partial charge on any atom is 0.211 e. The number of rotatable bonds is 4. The molecule has 2 aromatic heterocycles. The molecular weight excluding hydrogens is 356 g/mol. The Bertz CT molecular complexity index is 1090. The van der Waals surface area contributed by atoms with Crippen LogP contribution in [0, 0.1) is 0 Å². The van der Waals surface area contributed by atoms with Gasteiger partial charge in [-0.2, -0.15) is 0 Å². The number of nitrogens with zero attached hydrogens (tertiary/aromatic N) is 4. The summed E-state index contributed by atoms with van der Waals surface area (Å²) in [7, 11) is 1.95. The van der Waals surface area contributed by atoms with E-state index in [4.69, 9.17) is 11.6 Å². The summed E-state index contributed by atoms with van der Waals surface area (Å²) in [5, 5.41) is 10.6. The molecule has 0 spiro atoms. The Kier molecular flexibility index (Phi) is 4.15. The van der Waals surface area contributed by atoms with Gasteiger partial charge >= 0.3 is 0 Å². The van der Waals surface area contributed by atoms with Gasteiger partial charge in [0.05, 0.1) is 11.3 Å². The quantitative estimate of drug-likeness (QED) is 0.400. The van der Waals surface area contributed by atoms with Crippen LogP contribution in [0.4, 0.5) is 0 Å². The molecule has 4 aromatic rings. The van der Waals surface area contributed by atoms with Gasteiger partial charge in [-0.1, -0.05) is 41.6 Å². The SMILES string of the molecule is Cn1c2ccccc2c2nnc(SCC(=O)c3ccc(Cl)cc3)nc21. The van der Waals surface area contributed by atoms with E-state index < -0.39 is 0 Å². The third-order valence-corrected chi connectivity index (χ3v) is 5.08. The van der Waals surface area contributed by atoms with Crippen molar-refractivity contribution >= 4 is 51.2 Å². The molecule has 0 unspecified atom stereocenters. The molecule has 0 N–H and O–H groups in total. The molecule has 124 valence electrons. The number of hydrogen-bond acceptors (Lipinski definition) is 5. The molecule has 2 aromatic carbocycles. The second kappa shape index (κ2) is 6.46. The number of para-hydroxylation sites is 1. The lowest BCUT2D eigenvalue weighted by molar-refractivity contribution is 0.102. The van der Waals surface area contributed by atoms with Gasteiger partial charge in [-0.15, -0.1) is 10.2 Å². The van der Waals surface area contributed by atoms with E-state index in [1.807, 2.05) is 35.9 Å². The highest BCUT2D eigenvalue weighted by molar-refractivity contribution is 7.99. The first-order valence-corrected chi connectivity index (χ1v) is 8.99. The fraction of sp³-hybridized carbons (Fsp3) is 0.111. The Labute approximate surface area is 153 Å². The second-order valence-corrected chi connectivity index (χ2v) is 6.94. The van der Waals surface area contributed by atoms with E-state index in [-0.39, 0.29) is 11.5 Å². The molecular formula is C18H13ClN4OS. The van der Waals surface area contributed by atoms with Gasteiger partial charge in [-0.05, 0) is 30.3 Å². The normalized spacial score (nSPS) is 11.3. The number of aryl methyl sites for hydroxylation is 1. The molecule has 5 nitrogen and oxygen atoms in total. The minimum atomic E-state index is 0.00223. The molecule has 0 saturated heterocycles. The molecule has 0 aliphatic heterocycles. The van der Waals surface area contributed by atoms with Crippen LogP contribution < -0.4 is 0 Å². The molecule has 2 heterocycles. The van der Waals surface area contributed by atoms with E-state index in [1.165, 1.54) is 11.8 Å². The first-order valence-electron chi connectivity index (χ1n) is 7.63. The molecule has 0 aliphatic carbocycles. The average Bonchev–Trinajstić information content (AvgIpc) is 2.93. The number of carbonyl (C=O) groups excluding carboxylic acids is 1. The van der Waals surface area contributed by atoms with E-state index in [0.717, 1.165) is 22.1 Å². The number of Topliss-reactive ketones (excluding diaryl/α,β-unsaturated/α-hetero) is 1. The minimum Gasteiger partial charge on any atom is -0.327 e. The molecule has 0 radical (unpaired) electrons. The zero-order chi connectivity index (χ0) is 17.4. The number of carbonyl (C=O) groups is 1. The van der Waals surface area contributed by atoms with Crippen molar-refractivity contribution in [1.82, 2.24) is 19.7 Å². The van der Waals surface area contributed by atoms with Crippen molar-refractivity contribution in [1.29, 1.82) is 0 Å². The third kappa shape index (κ3) is 2.99. The number of aromatic nitrogens is 4. The van der Waals surface area contributed by atoms with E-state index in [1.54, 1.807) is 24.3 Å². The standard InChI is InChI=1S/C18H13ClN4OS/c1-23-14-5-3-2-4-13(14)16-17(23)20-18(22-21-16)25-10-15(24)11-6-8-12(19)9-7-11/h2-9H,10H2,1H3. The number of fused-ring (bicyclic) bond motifs is 3. The van der Waals surface area contributed by atoms with Crippen LogP contribution in [0.15, 0.2) is 53.7 Å². The van der Waals surface area contributed by atoms with Crippen LogP contribution in [0.2, 0.25) is 5.02 Å². The van der Waals surface area contributed by atoms with Gasteiger partial charge in [0, 0.05) is 23.0 Å². The van der Waals surface area contributed by atoms with Crippen molar-refractivity contribution < 1.29 is 4.79 Å². The Morgan fingerprint density at radius 1 is 1.12 bits per heavy atom. The summed E-state index contributed by atoms with van der Waals surface area (Å²) in [6.45, 7) is 0. The van der Waals surface area contributed by atoms with Crippen molar-refractivity contribution in [2.45, 2.75) is 5.16 Å². The molecule has 0 atom stereocenters. The van der Waals surface area contributed by atoms with Crippen molar-refractivity contribution in [2.75, 3.05) is 5.75 Å². The van der Waals surface area contributed by atoms with Crippen LogP contribution in [-0.4, -0.2) is 31.3 Å². The van der Waals surface area contributed by atoms with E-state index in [2.05, 4.69) is 15.2 Å². The predicted octanol–water partition coefficient (Wildman–Crippen LogP) is 4.14. The molecule has 0 fully saturated rings. The molecule has 0 amide bonds. The van der Waals surface area contributed by atoms with Crippen LogP contribution in [0.3, 0.4) is 0 Å².